The molecule has 0 saturated heterocycles. The first-order valence-electron chi connectivity index (χ1n) is 5.28. The van der Waals surface area contributed by atoms with Gasteiger partial charge in [0.25, 0.3) is 0 Å². The lowest BCUT2D eigenvalue weighted by Crippen LogP contribution is -2.30. The molecule has 2 aromatic rings. The summed E-state index contributed by atoms with van der Waals surface area (Å²) in [4.78, 5) is 0. The van der Waals surface area contributed by atoms with Gasteiger partial charge in [0.15, 0.2) is 0 Å². The zero-order valence-corrected chi connectivity index (χ0v) is 10.9. The first-order valence-corrected chi connectivity index (χ1v) is 6.08. The SMILES string of the molecule is CC(N)C(c1cccc(F)c1)n1cc(Br)cn1. The van der Waals surface area contributed by atoms with Crippen molar-refractivity contribution >= 4 is 15.9 Å². The Balaban J connectivity index is 2.42. The fourth-order valence-electron chi connectivity index (χ4n) is 1.85. The van der Waals surface area contributed by atoms with Gasteiger partial charge in [-0.05, 0) is 40.5 Å². The molecule has 3 nitrogen and oxygen atoms in total. The molecule has 0 aliphatic rings. The molecule has 1 aromatic heterocycles. The van der Waals surface area contributed by atoms with E-state index in [2.05, 4.69) is 21.0 Å². The second-order valence-electron chi connectivity index (χ2n) is 4.00. The maximum absolute atomic E-state index is 13.2. The highest BCUT2D eigenvalue weighted by molar-refractivity contribution is 9.10. The van der Waals surface area contributed by atoms with Gasteiger partial charge in [0, 0.05) is 12.2 Å². The molecule has 2 N–H and O–H groups in total. The molecule has 1 heterocycles. The molecule has 0 amide bonds. The van der Waals surface area contributed by atoms with Crippen molar-refractivity contribution in [3.8, 4) is 0 Å². The number of hydrogen-bond donors (Lipinski definition) is 1. The molecule has 2 unspecified atom stereocenters. The van der Waals surface area contributed by atoms with Crippen LogP contribution in [0.1, 0.15) is 18.5 Å². The summed E-state index contributed by atoms with van der Waals surface area (Å²) in [5, 5.41) is 4.21. The smallest absolute Gasteiger partial charge is 0.123 e. The number of nitrogens with zero attached hydrogens (tertiary/aromatic N) is 2. The van der Waals surface area contributed by atoms with Crippen molar-refractivity contribution in [3.05, 3.63) is 52.5 Å². The van der Waals surface area contributed by atoms with Crippen LogP contribution in [0.2, 0.25) is 0 Å². The summed E-state index contributed by atoms with van der Waals surface area (Å²) in [6, 6.07) is 6.11. The molecule has 90 valence electrons. The third-order valence-electron chi connectivity index (χ3n) is 2.54. The van der Waals surface area contributed by atoms with E-state index in [9.17, 15) is 4.39 Å². The quantitative estimate of drug-likeness (QED) is 0.947. The number of rotatable bonds is 3. The van der Waals surface area contributed by atoms with Gasteiger partial charge in [0.2, 0.25) is 0 Å². The number of hydrogen-bond acceptors (Lipinski definition) is 2. The molecular formula is C12H13BrFN3. The summed E-state index contributed by atoms with van der Waals surface area (Å²) < 4.78 is 15.8. The lowest BCUT2D eigenvalue weighted by Gasteiger charge is -2.21. The van der Waals surface area contributed by atoms with Gasteiger partial charge >= 0.3 is 0 Å². The Hall–Kier alpha value is -1.20. The molecule has 0 spiro atoms. The van der Waals surface area contributed by atoms with Crippen LogP contribution >= 0.6 is 15.9 Å². The van der Waals surface area contributed by atoms with Crippen LogP contribution in [0.4, 0.5) is 4.39 Å². The van der Waals surface area contributed by atoms with Crippen molar-refractivity contribution in [2.75, 3.05) is 0 Å². The first kappa shape index (κ1) is 12.3. The summed E-state index contributed by atoms with van der Waals surface area (Å²) in [7, 11) is 0. The zero-order valence-electron chi connectivity index (χ0n) is 9.35. The van der Waals surface area contributed by atoms with E-state index in [0.717, 1.165) is 10.0 Å². The van der Waals surface area contributed by atoms with Gasteiger partial charge in [-0.25, -0.2) is 4.39 Å². The molecule has 2 rings (SSSR count). The van der Waals surface area contributed by atoms with Crippen molar-refractivity contribution in [2.45, 2.75) is 19.0 Å². The Kier molecular flexibility index (Phi) is 3.59. The summed E-state index contributed by atoms with van der Waals surface area (Å²) in [6.07, 6.45) is 3.52. The van der Waals surface area contributed by atoms with E-state index < -0.39 is 0 Å². The Labute approximate surface area is 108 Å². The highest BCUT2D eigenvalue weighted by atomic mass is 79.9. The lowest BCUT2D eigenvalue weighted by molar-refractivity contribution is 0.451. The van der Waals surface area contributed by atoms with Gasteiger partial charge in [-0.1, -0.05) is 12.1 Å². The fraction of sp³-hybridized carbons (Fsp3) is 0.250. The molecule has 0 aliphatic carbocycles. The van der Waals surface area contributed by atoms with Crippen molar-refractivity contribution < 1.29 is 4.39 Å². The topological polar surface area (TPSA) is 43.8 Å². The average Bonchev–Trinajstić information content (AvgIpc) is 2.64. The van der Waals surface area contributed by atoms with Crippen LogP contribution in [-0.4, -0.2) is 15.8 Å². The maximum atomic E-state index is 13.2. The molecule has 0 aliphatic heterocycles. The molecule has 2 atom stereocenters. The Bertz CT molecular complexity index is 510. The largest absolute Gasteiger partial charge is 0.326 e. The third kappa shape index (κ3) is 2.73. The molecule has 0 fully saturated rings. The van der Waals surface area contributed by atoms with E-state index in [1.165, 1.54) is 12.1 Å². The molecule has 5 heteroatoms. The predicted octanol–water partition coefficient (Wildman–Crippen LogP) is 2.72. The first-order chi connectivity index (χ1) is 8.08. The summed E-state index contributed by atoms with van der Waals surface area (Å²) in [6.45, 7) is 1.88. The second-order valence-corrected chi connectivity index (χ2v) is 4.91. The minimum Gasteiger partial charge on any atom is -0.326 e. The van der Waals surface area contributed by atoms with Crippen LogP contribution in [-0.2, 0) is 0 Å². The van der Waals surface area contributed by atoms with Gasteiger partial charge in [-0.2, -0.15) is 5.10 Å². The summed E-state index contributed by atoms with van der Waals surface area (Å²) in [5.41, 5.74) is 6.78. The molecule has 0 bridgehead atoms. The Morgan fingerprint density at radius 2 is 2.24 bits per heavy atom. The van der Waals surface area contributed by atoms with E-state index in [0.29, 0.717) is 0 Å². The van der Waals surface area contributed by atoms with Crippen molar-refractivity contribution in [1.82, 2.24) is 9.78 Å². The van der Waals surface area contributed by atoms with E-state index in [4.69, 9.17) is 5.73 Å². The van der Waals surface area contributed by atoms with Crippen molar-refractivity contribution in [3.63, 3.8) is 0 Å². The molecule has 1 aromatic carbocycles. The van der Waals surface area contributed by atoms with E-state index in [-0.39, 0.29) is 17.9 Å². The van der Waals surface area contributed by atoms with Gasteiger partial charge in [0.05, 0.1) is 16.7 Å². The molecule has 0 radical (unpaired) electrons. The second kappa shape index (κ2) is 4.98. The van der Waals surface area contributed by atoms with Gasteiger partial charge in [-0.3, -0.25) is 4.68 Å². The third-order valence-corrected chi connectivity index (χ3v) is 2.95. The molecule has 0 saturated carbocycles. The molecular weight excluding hydrogens is 285 g/mol. The normalized spacial score (nSPS) is 14.6. The van der Waals surface area contributed by atoms with E-state index in [1.54, 1.807) is 16.9 Å². The van der Waals surface area contributed by atoms with Crippen LogP contribution in [0.3, 0.4) is 0 Å². The summed E-state index contributed by atoms with van der Waals surface area (Å²) in [5.74, 6) is -0.264. The molecule has 17 heavy (non-hydrogen) atoms. The maximum Gasteiger partial charge on any atom is 0.123 e. The average molecular weight is 298 g/mol. The summed E-state index contributed by atoms with van der Waals surface area (Å²) >= 11 is 3.34. The van der Waals surface area contributed by atoms with Gasteiger partial charge in [0.1, 0.15) is 5.82 Å². The monoisotopic (exact) mass is 297 g/mol. The van der Waals surface area contributed by atoms with E-state index >= 15 is 0 Å². The van der Waals surface area contributed by atoms with Crippen LogP contribution in [0.25, 0.3) is 0 Å². The standard InChI is InChI=1S/C12H13BrFN3/c1-8(15)12(17-7-10(13)6-16-17)9-3-2-4-11(14)5-9/h2-8,12H,15H2,1H3. The minimum atomic E-state index is -0.264. The van der Waals surface area contributed by atoms with Gasteiger partial charge < -0.3 is 5.73 Å². The number of aromatic nitrogens is 2. The van der Waals surface area contributed by atoms with Crippen molar-refractivity contribution in [2.24, 2.45) is 5.73 Å². The van der Waals surface area contributed by atoms with Crippen LogP contribution < -0.4 is 5.73 Å². The van der Waals surface area contributed by atoms with Gasteiger partial charge in [-0.15, -0.1) is 0 Å². The minimum absolute atomic E-state index is 0.163. The Morgan fingerprint density at radius 3 is 2.76 bits per heavy atom. The lowest BCUT2D eigenvalue weighted by atomic mass is 10.0. The predicted molar refractivity (Wildman–Crippen MR) is 68.1 cm³/mol. The highest BCUT2D eigenvalue weighted by Gasteiger charge is 2.19. The number of nitrogens with two attached hydrogens (primary N) is 1. The Morgan fingerprint density at radius 1 is 1.47 bits per heavy atom. The highest BCUT2D eigenvalue weighted by Crippen LogP contribution is 2.22. The van der Waals surface area contributed by atoms with E-state index in [1.807, 2.05) is 19.2 Å². The zero-order chi connectivity index (χ0) is 12.4. The fourth-order valence-corrected chi connectivity index (χ4v) is 2.16. The van der Waals surface area contributed by atoms with Crippen LogP contribution in [0.5, 0.6) is 0 Å². The van der Waals surface area contributed by atoms with Crippen LogP contribution in [0.15, 0.2) is 41.1 Å². The number of benzene rings is 1. The van der Waals surface area contributed by atoms with Crippen molar-refractivity contribution in [1.29, 1.82) is 0 Å². The number of halogens is 2. The van der Waals surface area contributed by atoms with Crippen LogP contribution in [0, 0.1) is 5.82 Å².